The fourth-order valence-corrected chi connectivity index (χ4v) is 4.55. The molecule has 1 unspecified atom stereocenters. The third-order valence-corrected chi connectivity index (χ3v) is 6.63. The Morgan fingerprint density at radius 1 is 0.714 bits per heavy atom. The Bertz CT molecular complexity index is 389. The van der Waals surface area contributed by atoms with E-state index in [1.165, 1.54) is 89.9 Å². The van der Waals surface area contributed by atoms with Crippen molar-refractivity contribution in [2.45, 2.75) is 110 Å². The summed E-state index contributed by atoms with van der Waals surface area (Å²) in [5, 5.41) is 0. The van der Waals surface area contributed by atoms with E-state index in [-0.39, 0.29) is 6.61 Å². The zero-order valence-corrected chi connectivity index (χ0v) is 19.3. The van der Waals surface area contributed by atoms with Gasteiger partial charge in [-0.25, -0.2) is 4.57 Å². The lowest BCUT2D eigenvalue weighted by molar-refractivity contribution is 0.134. The smallest absolute Gasteiger partial charge is 0.302 e. The van der Waals surface area contributed by atoms with Crippen molar-refractivity contribution in [1.29, 1.82) is 0 Å². The molecular weight excluding hydrogens is 373 g/mol. The summed E-state index contributed by atoms with van der Waals surface area (Å²) < 4.78 is 21.9. The molecule has 6 heteroatoms. The standard InChI is InChI=1S/C22H46NO4P/c1-2-3-4-5-6-7-8-9-10-11-12-13-14-17-21-26-28(24,25)27-22-20-23-18-15-16-19-23/h2-22H2,1H3,(H,24,25). The van der Waals surface area contributed by atoms with Crippen molar-refractivity contribution in [2.75, 3.05) is 32.8 Å². The molecule has 0 aromatic rings. The highest BCUT2D eigenvalue weighted by atomic mass is 31.2. The van der Waals surface area contributed by atoms with Gasteiger partial charge in [0.15, 0.2) is 0 Å². The maximum Gasteiger partial charge on any atom is 0.472 e. The molecule has 0 aromatic carbocycles. The molecule has 1 fully saturated rings. The first-order valence-corrected chi connectivity index (χ1v) is 13.5. The maximum absolute atomic E-state index is 11.8. The Hall–Kier alpha value is 0.0700. The Morgan fingerprint density at radius 3 is 1.64 bits per heavy atom. The molecule has 1 aliphatic heterocycles. The highest BCUT2D eigenvalue weighted by Gasteiger charge is 2.21. The first-order valence-electron chi connectivity index (χ1n) is 12.0. The van der Waals surface area contributed by atoms with E-state index in [1.54, 1.807) is 0 Å². The molecule has 1 saturated heterocycles. The number of phosphoric acid groups is 1. The molecule has 0 aliphatic carbocycles. The van der Waals surface area contributed by atoms with Gasteiger partial charge >= 0.3 is 7.82 Å². The Labute approximate surface area is 174 Å². The van der Waals surface area contributed by atoms with Crippen LogP contribution >= 0.6 is 7.82 Å². The average Bonchev–Trinajstić information content (AvgIpc) is 3.18. The van der Waals surface area contributed by atoms with Gasteiger partial charge in [0.2, 0.25) is 0 Å². The second kappa shape index (κ2) is 17.9. The molecule has 1 N–H and O–H groups in total. The van der Waals surface area contributed by atoms with Crippen molar-refractivity contribution in [1.82, 2.24) is 4.90 Å². The summed E-state index contributed by atoms with van der Waals surface area (Å²) in [6.45, 7) is 5.70. The van der Waals surface area contributed by atoms with Crippen LogP contribution in [-0.4, -0.2) is 42.6 Å². The van der Waals surface area contributed by atoms with Gasteiger partial charge in [0, 0.05) is 6.54 Å². The molecule has 1 rings (SSSR count). The van der Waals surface area contributed by atoms with Gasteiger partial charge in [0.1, 0.15) is 0 Å². The van der Waals surface area contributed by atoms with E-state index in [9.17, 15) is 9.46 Å². The van der Waals surface area contributed by atoms with Gasteiger partial charge in [0.05, 0.1) is 13.2 Å². The monoisotopic (exact) mass is 419 g/mol. The predicted octanol–water partition coefficient (Wildman–Crippen LogP) is 6.70. The van der Waals surface area contributed by atoms with Gasteiger partial charge in [-0.15, -0.1) is 0 Å². The van der Waals surface area contributed by atoms with Crippen molar-refractivity contribution in [3.05, 3.63) is 0 Å². The van der Waals surface area contributed by atoms with Crippen molar-refractivity contribution < 1.29 is 18.5 Å². The quantitative estimate of drug-likeness (QED) is 0.176. The van der Waals surface area contributed by atoms with E-state index in [0.717, 1.165) is 25.9 Å². The van der Waals surface area contributed by atoms with Crippen LogP contribution in [0.25, 0.3) is 0 Å². The van der Waals surface area contributed by atoms with E-state index in [4.69, 9.17) is 9.05 Å². The van der Waals surface area contributed by atoms with E-state index < -0.39 is 7.82 Å². The summed E-state index contributed by atoms with van der Waals surface area (Å²) in [6, 6.07) is 0. The summed E-state index contributed by atoms with van der Waals surface area (Å²) in [5.74, 6) is 0. The van der Waals surface area contributed by atoms with Crippen molar-refractivity contribution in [3.63, 3.8) is 0 Å². The van der Waals surface area contributed by atoms with Gasteiger partial charge < -0.3 is 9.79 Å². The topological polar surface area (TPSA) is 59.0 Å². The lowest BCUT2D eigenvalue weighted by atomic mass is 10.0. The molecule has 0 spiro atoms. The number of rotatable bonds is 20. The number of hydrogen-bond donors (Lipinski definition) is 1. The SMILES string of the molecule is CCCCCCCCCCCCCCCCOP(=O)(O)OCCN1CCCC1. The van der Waals surface area contributed by atoms with E-state index in [1.807, 2.05) is 0 Å². The minimum absolute atomic E-state index is 0.270. The van der Waals surface area contributed by atoms with E-state index in [0.29, 0.717) is 13.2 Å². The lowest BCUT2D eigenvalue weighted by Crippen LogP contribution is -2.23. The third-order valence-electron chi connectivity index (χ3n) is 5.61. The van der Waals surface area contributed by atoms with Gasteiger partial charge in [-0.3, -0.25) is 9.05 Å². The largest absolute Gasteiger partial charge is 0.472 e. The summed E-state index contributed by atoms with van der Waals surface area (Å²) >= 11 is 0. The van der Waals surface area contributed by atoms with Crippen LogP contribution in [0.15, 0.2) is 0 Å². The van der Waals surface area contributed by atoms with E-state index >= 15 is 0 Å². The Morgan fingerprint density at radius 2 is 1.14 bits per heavy atom. The number of phosphoric ester groups is 1. The van der Waals surface area contributed by atoms with Crippen LogP contribution in [0.5, 0.6) is 0 Å². The first kappa shape index (κ1) is 26.1. The maximum atomic E-state index is 11.8. The molecular formula is C22H46NO4P. The minimum Gasteiger partial charge on any atom is -0.302 e. The second-order valence-corrected chi connectivity index (χ2v) is 9.73. The van der Waals surface area contributed by atoms with Crippen LogP contribution in [0.2, 0.25) is 0 Å². The summed E-state index contributed by atoms with van der Waals surface area (Å²) in [6.07, 6.45) is 20.6. The number of hydrogen-bond acceptors (Lipinski definition) is 4. The van der Waals surface area contributed by atoms with Crippen LogP contribution in [-0.2, 0) is 13.6 Å². The van der Waals surface area contributed by atoms with E-state index in [2.05, 4.69) is 11.8 Å². The third kappa shape index (κ3) is 15.9. The molecule has 0 amide bonds. The summed E-state index contributed by atoms with van der Waals surface area (Å²) in [5.41, 5.74) is 0. The number of nitrogens with zero attached hydrogens (tertiary/aromatic N) is 1. The molecule has 0 radical (unpaired) electrons. The van der Waals surface area contributed by atoms with Crippen LogP contribution in [0, 0.1) is 0 Å². The summed E-state index contributed by atoms with van der Waals surface area (Å²) in [4.78, 5) is 11.9. The summed E-state index contributed by atoms with van der Waals surface area (Å²) in [7, 11) is -3.86. The zero-order chi connectivity index (χ0) is 20.3. The van der Waals surface area contributed by atoms with Gasteiger partial charge in [-0.1, -0.05) is 90.4 Å². The van der Waals surface area contributed by atoms with Gasteiger partial charge in [-0.2, -0.15) is 0 Å². The second-order valence-electron chi connectivity index (χ2n) is 8.28. The molecule has 1 atom stereocenters. The fraction of sp³-hybridized carbons (Fsp3) is 1.00. The molecule has 28 heavy (non-hydrogen) atoms. The van der Waals surface area contributed by atoms with Crippen molar-refractivity contribution >= 4 is 7.82 Å². The molecule has 1 aliphatic rings. The van der Waals surface area contributed by atoms with Crippen LogP contribution in [0.1, 0.15) is 110 Å². The molecule has 5 nitrogen and oxygen atoms in total. The normalized spacial score (nSPS) is 17.2. The van der Waals surface area contributed by atoms with Crippen LogP contribution in [0.3, 0.4) is 0 Å². The van der Waals surface area contributed by atoms with Gasteiger partial charge in [0.25, 0.3) is 0 Å². The molecule has 1 heterocycles. The first-order chi connectivity index (χ1) is 13.6. The highest BCUT2D eigenvalue weighted by molar-refractivity contribution is 7.47. The minimum atomic E-state index is -3.86. The average molecular weight is 420 g/mol. The van der Waals surface area contributed by atoms with Crippen molar-refractivity contribution in [3.8, 4) is 0 Å². The van der Waals surface area contributed by atoms with Crippen molar-refractivity contribution in [2.24, 2.45) is 0 Å². The predicted molar refractivity (Wildman–Crippen MR) is 118 cm³/mol. The number of likely N-dealkylation sites (tertiary alicyclic amines) is 1. The molecule has 0 bridgehead atoms. The molecule has 0 aromatic heterocycles. The Balaban J connectivity index is 1.78. The highest BCUT2D eigenvalue weighted by Crippen LogP contribution is 2.43. The fourth-order valence-electron chi connectivity index (χ4n) is 3.81. The lowest BCUT2D eigenvalue weighted by Gasteiger charge is -2.16. The number of unbranched alkanes of at least 4 members (excludes halogenated alkanes) is 13. The van der Waals surface area contributed by atoms with Crippen LogP contribution in [0.4, 0.5) is 0 Å². The molecule has 168 valence electrons. The van der Waals surface area contributed by atoms with Gasteiger partial charge in [-0.05, 0) is 32.4 Å². The zero-order valence-electron chi connectivity index (χ0n) is 18.4. The molecule has 0 saturated carbocycles. The Kier molecular flexibility index (Phi) is 16.7. The van der Waals surface area contributed by atoms with Crippen LogP contribution < -0.4 is 0 Å².